The number of amides is 2. The maximum absolute atomic E-state index is 12.2. The normalized spacial score (nSPS) is 10.2. The van der Waals surface area contributed by atoms with Crippen LogP contribution in [0, 0.1) is 13.8 Å². The fraction of sp³-hybridized carbons (Fsp3) is 0.263. The number of esters is 2. The second kappa shape index (κ2) is 9.74. The minimum Gasteiger partial charge on any atom is -0.462 e. The number of carbonyl (C=O) groups excluding carboxylic acids is 4. The van der Waals surface area contributed by atoms with Gasteiger partial charge in [-0.3, -0.25) is 20.4 Å². The van der Waals surface area contributed by atoms with Gasteiger partial charge in [0.1, 0.15) is 5.69 Å². The van der Waals surface area contributed by atoms with Gasteiger partial charge in [0.25, 0.3) is 11.8 Å². The van der Waals surface area contributed by atoms with E-state index in [0.717, 1.165) is 0 Å². The summed E-state index contributed by atoms with van der Waals surface area (Å²) in [5.74, 6) is -2.68. The number of halogens is 1. The topological polar surface area (TPSA) is 127 Å². The van der Waals surface area contributed by atoms with Crippen LogP contribution >= 0.6 is 11.6 Å². The quantitative estimate of drug-likeness (QED) is 0.484. The molecule has 0 saturated carbocycles. The van der Waals surface area contributed by atoms with E-state index in [4.69, 9.17) is 21.1 Å². The summed E-state index contributed by atoms with van der Waals surface area (Å²) in [4.78, 5) is 50.7. The number of aromatic nitrogens is 1. The maximum atomic E-state index is 12.2. The highest BCUT2D eigenvalue weighted by Gasteiger charge is 2.24. The lowest BCUT2D eigenvalue weighted by Gasteiger charge is -2.08. The van der Waals surface area contributed by atoms with Crippen molar-refractivity contribution in [2.24, 2.45) is 0 Å². The highest BCUT2D eigenvalue weighted by molar-refractivity contribution is 6.30. The molecule has 2 rings (SSSR count). The van der Waals surface area contributed by atoms with Crippen molar-refractivity contribution in [3.63, 3.8) is 0 Å². The summed E-state index contributed by atoms with van der Waals surface area (Å²) in [5, 5.41) is 0.471. The number of benzene rings is 1. The van der Waals surface area contributed by atoms with Gasteiger partial charge in [-0.25, -0.2) is 9.59 Å². The zero-order valence-corrected chi connectivity index (χ0v) is 16.8. The molecule has 0 saturated heterocycles. The Morgan fingerprint density at radius 1 is 1.00 bits per heavy atom. The number of carbonyl (C=O) groups is 4. The van der Waals surface area contributed by atoms with Gasteiger partial charge in [0.15, 0.2) is 6.61 Å². The number of hydrogen-bond donors (Lipinski definition) is 3. The van der Waals surface area contributed by atoms with E-state index in [0.29, 0.717) is 16.3 Å². The van der Waals surface area contributed by atoms with E-state index in [2.05, 4.69) is 15.8 Å². The molecule has 0 spiro atoms. The molecule has 1 aromatic carbocycles. The third-order valence-electron chi connectivity index (χ3n) is 3.88. The van der Waals surface area contributed by atoms with Crippen LogP contribution in [0.1, 0.15) is 49.4 Å². The summed E-state index contributed by atoms with van der Waals surface area (Å²) in [7, 11) is 0. The largest absolute Gasteiger partial charge is 0.462 e. The molecular formula is C19H20ClN3O6. The van der Waals surface area contributed by atoms with E-state index < -0.39 is 30.4 Å². The molecule has 0 aliphatic rings. The molecule has 0 radical (unpaired) electrons. The molecule has 0 aliphatic carbocycles. The average Bonchev–Trinajstić information content (AvgIpc) is 2.99. The number of rotatable bonds is 6. The van der Waals surface area contributed by atoms with Gasteiger partial charge in [0.05, 0.1) is 12.2 Å². The molecule has 3 N–H and O–H groups in total. The summed E-state index contributed by atoms with van der Waals surface area (Å²) >= 11 is 5.74. The predicted octanol–water partition coefficient (Wildman–Crippen LogP) is 2.08. The summed E-state index contributed by atoms with van der Waals surface area (Å²) in [6.45, 7) is 4.43. The summed E-state index contributed by atoms with van der Waals surface area (Å²) in [5.41, 5.74) is 5.72. The van der Waals surface area contributed by atoms with Gasteiger partial charge < -0.3 is 14.5 Å². The molecule has 2 aromatic rings. The van der Waals surface area contributed by atoms with Crippen LogP contribution < -0.4 is 10.9 Å². The average molecular weight is 422 g/mol. The number of nitrogens with one attached hydrogen (secondary N) is 3. The van der Waals surface area contributed by atoms with Crippen LogP contribution in [0.3, 0.4) is 0 Å². The third-order valence-corrected chi connectivity index (χ3v) is 4.13. The molecule has 0 aliphatic heterocycles. The fourth-order valence-electron chi connectivity index (χ4n) is 2.50. The van der Waals surface area contributed by atoms with Crippen molar-refractivity contribution in [3.8, 4) is 0 Å². The van der Waals surface area contributed by atoms with Crippen molar-refractivity contribution < 1.29 is 28.7 Å². The molecule has 10 heteroatoms. The van der Waals surface area contributed by atoms with Crippen molar-refractivity contribution in [2.75, 3.05) is 13.2 Å². The van der Waals surface area contributed by atoms with Crippen LogP contribution in [0.15, 0.2) is 24.3 Å². The zero-order chi connectivity index (χ0) is 21.6. The van der Waals surface area contributed by atoms with Gasteiger partial charge in [0, 0.05) is 16.3 Å². The molecule has 1 aromatic heterocycles. The molecule has 2 amide bonds. The van der Waals surface area contributed by atoms with Crippen molar-refractivity contribution in [1.29, 1.82) is 0 Å². The molecule has 0 atom stereocenters. The standard InChI is InChI=1S/C19H20ClN3O6/c1-4-28-18(26)15-10(2)16(21-11(15)3)19(27)29-9-14(24)22-23-17(25)12-5-7-13(20)8-6-12/h5-8,21H,4,9H2,1-3H3,(H,22,24)(H,23,25). The van der Waals surface area contributed by atoms with Crippen LogP contribution in [0.25, 0.3) is 0 Å². The third kappa shape index (κ3) is 5.58. The number of ether oxygens (including phenoxy) is 2. The van der Waals surface area contributed by atoms with Crippen molar-refractivity contribution in [1.82, 2.24) is 15.8 Å². The second-order valence-electron chi connectivity index (χ2n) is 5.93. The van der Waals surface area contributed by atoms with Crippen LogP contribution in [-0.2, 0) is 14.3 Å². The molecular weight excluding hydrogens is 402 g/mol. The lowest BCUT2D eigenvalue weighted by Crippen LogP contribution is -2.43. The van der Waals surface area contributed by atoms with Gasteiger partial charge in [-0.1, -0.05) is 11.6 Å². The maximum Gasteiger partial charge on any atom is 0.355 e. The minimum absolute atomic E-state index is 0.0450. The van der Waals surface area contributed by atoms with Crippen LogP contribution in [0.5, 0.6) is 0 Å². The number of aryl methyl sites for hydroxylation is 1. The van der Waals surface area contributed by atoms with Crippen molar-refractivity contribution in [3.05, 3.63) is 57.4 Å². The number of aromatic amines is 1. The Labute approximate surface area is 171 Å². The lowest BCUT2D eigenvalue weighted by atomic mass is 10.1. The van der Waals surface area contributed by atoms with Gasteiger partial charge >= 0.3 is 11.9 Å². The van der Waals surface area contributed by atoms with E-state index in [1.807, 2.05) is 0 Å². The summed E-state index contributed by atoms with van der Waals surface area (Å²) in [6.07, 6.45) is 0. The Morgan fingerprint density at radius 2 is 1.66 bits per heavy atom. The first-order chi connectivity index (χ1) is 13.7. The van der Waals surface area contributed by atoms with E-state index in [9.17, 15) is 19.2 Å². The van der Waals surface area contributed by atoms with Crippen LogP contribution in [0.4, 0.5) is 0 Å². The molecule has 0 fully saturated rings. The van der Waals surface area contributed by atoms with E-state index in [1.54, 1.807) is 20.8 Å². The Hall–Kier alpha value is -3.33. The molecule has 0 bridgehead atoms. The van der Waals surface area contributed by atoms with Gasteiger partial charge in [-0.15, -0.1) is 0 Å². The number of hydrazine groups is 1. The van der Waals surface area contributed by atoms with Crippen molar-refractivity contribution in [2.45, 2.75) is 20.8 Å². The fourth-order valence-corrected chi connectivity index (χ4v) is 2.63. The monoisotopic (exact) mass is 421 g/mol. The second-order valence-corrected chi connectivity index (χ2v) is 6.37. The predicted molar refractivity (Wildman–Crippen MR) is 104 cm³/mol. The number of H-pyrrole nitrogens is 1. The molecule has 9 nitrogen and oxygen atoms in total. The first-order valence-electron chi connectivity index (χ1n) is 8.62. The van der Waals surface area contributed by atoms with Gasteiger partial charge in [0.2, 0.25) is 0 Å². The lowest BCUT2D eigenvalue weighted by molar-refractivity contribution is -0.125. The number of hydrogen-bond acceptors (Lipinski definition) is 6. The highest BCUT2D eigenvalue weighted by Crippen LogP contribution is 2.19. The van der Waals surface area contributed by atoms with Crippen LogP contribution in [0.2, 0.25) is 5.02 Å². The van der Waals surface area contributed by atoms with E-state index in [-0.39, 0.29) is 23.4 Å². The first kappa shape index (κ1) is 22.0. The minimum atomic E-state index is -0.819. The Morgan fingerprint density at radius 3 is 2.28 bits per heavy atom. The Balaban J connectivity index is 1.89. The van der Waals surface area contributed by atoms with Gasteiger partial charge in [-0.2, -0.15) is 0 Å². The summed E-state index contributed by atoms with van der Waals surface area (Å²) < 4.78 is 9.88. The Kier molecular flexibility index (Phi) is 7.38. The molecule has 0 unspecified atom stereocenters. The van der Waals surface area contributed by atoms with Crippen molar-refractivity contribution >= 4 is 35.4 Å². The van der Waals surface area contributed by atoms with Crippen LogP contribution in [-0.4, -0.2) is 42.0 Å². The smallest absolute Gasteiger partial charge is 0.355 e. The molecule has 1 heterocycles. The van der Waals surface area contributed by atoms with Gasteiger partial charge in [-0.05, 0) is 50.6 Å². The summed E-state index contributed by atoms with van der Waals surface area (Å²) in [6, 6.07) is 6.04. The SMILES string of the molecule is CCOC(=O)c1c(C)[nH]c(C(=O)OCC(=O)NNC(=O)c2ccc(Cl)cc2)c1C. The van der Waals surface area contributed by atoms with E-state index in [1.165, 1.54) is 24.3 Å². The molecule has 29 heavy (non-hydrogen) atoms. The zero-order valence-electron chi connectivity index (χ0n) is 16.1. The molecule has 154 valence electrons. The first-order valence-corrected chi connectivity index (χ1v) is 9.00. The van der Waals surface area contributed by atoms with E-state index >= 15 is 0 Å². The Bertz CT molecular complexity index is 936. The highest BCUT2D eigenvalue weighted by atomic mass is 35.5.